The molecule has 30 heavy (non-hydrogen) atoms. The lowest BCUT2D eigenvalue weighted by molar-refractivity contribution is -0.130. The number of hydrogen-bond acceptors (Lipinski definition) is 4. The number of nitrogens with one attached hydrogen (secondary N) is 3. The lowest BCUT2D eigenvalue weighted by atomic mass is 9.89. The summed E-state index contributed by atoms with van der Waals surface area (Å²) < 4.78 is 0. The van der Waals surface area contributed by atoms with Crippen LogP contribution in [0.5, 0.6) is 0 Å². The molecule has 0 aliphatic heterocycles. The van der Waals surface area contributed by atoms with Crippen LogP contribution < -0.4 is 21.7 Å². The van der Waals surface area contributed by atoms with Crippen LogP contribution in [0.4, 0.5) is 10.5 Å². The Labute approximate surface area is 178 Å². The number of nitrogens with two attached hydrogens (primary N) is 1. The first-order valence-electron chi connectivity index (χ1n) is 10.4. The van der Waals surface area contributed by atoms with E-state index < -0.39 is 18.0 Å². The van der Waals surface area contributed by atoms with Gasteiger partial charge in [-0.15, -0.1) is 0 Å². The highest BCUT2D eigenvalue weighted by molar-refractivity contribution is 5.97. The van der Waals surface area contributed by atoms with Crippen molar-refractivity contribution in [2.75, 3.05) is 11.9 Å². The zero-order valence-electron chi connectivity index (χ0n) is 18.3. The molecule has 0 aliphatic carbocycles. The molecule has 0 fully saturated rings. The minimum atomic E-state index is -0.648. The molecule has 2 atom stereocenters. The molecule has 1 unspecified atom stereocenters. The van der Waals surface area contributed by atoms with Crippen LogP contribution in [0.15, 0.2) is 24.3 Å². The average molecular weight is 419 g/mol. The van der Waals surface area contributed by atoms with E-state index in [2.05, 4.69) is 22.9 Å². The van der Waals surface area contributed by atoms with Crippen molar-refractivity contribution >= 4 is 29.3 Å². The summed E-state index contributed by atoms with van der Waals surface area (Å²) >= 11 is 0. The van der Waals surface area contributed by atoms with Gasteiger partial charge in [-0.1, -0.05) is 32.9 Å². The number of urea groups is 1. The van der Waals surface area contributed by atoms with Gasteiger partial charge in [-0.3, -0.25) is 14.4 Å². The predicted molar refractivity (Wildman–Crippen MR) is 117 cm³/mol. The molecule has 1 aromatic rings. The first-order valence-corrected chi connectivity index (χ1v) is 10.4. The summed E-state index contributed by atoms with van der Waals surface area (Å²) in [5.41, 5.74) is 6.89. The molecule has 0 bridgehead atoms. The molecular weight excluding hydrogens is 384 g/mol. The van der Waals surface area contributed by atoms with E-state index in [4.69, 9.17) is 5.73 Å². The molecule has 1 aromatic carbocycles. The van der Waals surface area contributed by atoms with E-state index in [1.54, 1.807) is 0 Å². The number of aryl methyl sites for hydroxylation is 1. The van der Waals surface area contributed by atoms with E-state index in [-0.39, 0.29) is 29.9 Å². The highest BCUT2D eigenvalue weighted by Gasteiger charge is 2.28. The fourth-order valence-corrected chi connectivity index (χ4v) is 3.16. The molecule has 1 rings (SSSR count). The standard InChI is InChI=1S/C22H34N4O4/c1-5-16-8-10-18(11-9-16)26-21(29)17(7-6-12-24-22(23)30)13-19(28)20(14(2)3)25-15(4)27/h8-11,14,17,20H,5-7,12-13H2,1-4H3,(H,25,27)(H,26,29)(H3,23,24,30)/t17-,20?/m1/s1. The summed E-state index contributed by atoms with van der Waals surface area (Å²) in [6.07, 6.45) is 1.79. The third kappa shape index (κ3) is 9.07. The van der Waals surface area contributed by atoms with E-state index in [1.807, 2.05) is 38.1 Å². The van der Waals surface area contributed by atoms with Crippen molar-refractivity contribution in [2.45, 2.75) is 59.4 Å². The van der Waals surface area contributed by atoms with Crippen LogP contribution in [0.2, 0.25) is 0 Å². The number of hydrogen-bond donors (Lipinski definition) is 4. The third-order valence-corrected chi connectivity index (χ3v) is 4.85. The highest BCUT2D eigenvalue weighted by Crippen LogP contribution is 2.19. The van der Waals surface area contributed by atoms with Gasteiger partial charge in [0.15, 0.2) is 5.78 Å². The van der Waals surface area contributed by atoms with Crippen molar-refractivity contribution in [1.29, 1.82) is 0 Å². The van der Waals surface area contributed by atoms with Crippen LogP contribution in [0, 0.1) is 11.8 Å². The highest BCUT2D eigenvalue weighted by atomic mass is 16.2. The maximum atomic E-state index is 12.9. The Morgan fingerprint density at radius 2 is 1.70 bits per heavy atom. The molecule has 0 heterocycles. The molecule has 0 saturated heterocycles. The number of amides is 4. The van der Waals surface area contributed by atoms with Gasteiger partial charge in [-0.05, 0) is 42.9 Å². The third-order valence-electron chi connectivity index (χ3n) is 4.85. The van der Waals surface area contributed by atoms with E-state index in [0.717, 1.165) is 12.0 Å². The van der Waals surface area contributed by atoms with Gasteiger partial charge < -0.3 is 21.7 Å². The van der Waals surface area contributed by atoms with Crippen LogP contribution in [-0.4, -0.2) is 36.2 Å². The minimum absolute atomic E-state index is 0.00141. The van der Waals surface area contributed by atoms with E-state index >= 15 is 0 Å². The normalized spacial score (nSPS) is 12.7. The van der Waals surface area contributed by atoms with Crippen molar-refractivity contribution < 1.29 is 19.2 Å². The van der Waals surface area contributed by atoms with Crippen molar-refractivity contribution in [3.8, 4) is 0 Å². The maximum absolute atomic E-state index is 12.9. The number of Topliss-reactive ketones (excluding diaryl/α,β-unsaturated/α-hetero) is 1. The number of benzene rings is 1. The van der Waals surface area contributed by atoms with Gasteiger partial charge in [-0.2, -0.15) is 0 Å². The fourth-order valence-electron chi connectivity index (χ4n) is 3.16. The molecule has 0 spiro atoms. The number of carbonyl (C=O) groups is 4. The Morgan fingerprint density at radius 1 is 1.07 bits per heavy atom. The second-order valence-corrected chi connectivity index (χ2v) is 7.76. The summed E-state index contributed by atoms with van der Waals surface area (Å²) in [5.74, 6) is -1.43. The van der Waals surface area contributed by atoms with Crippen LogP contribution in [0.3, 0.4) is 0 Å². The lowest BCUT2D eigenvalue weighted by Gasteiger charge is -2.23. The molecular formula is C22H34N4O4. The fraction of sp³-hybridized carbons (Fsp3) is 0.545. The largest absolute Gasteiger partial charge is 0.352 e. The van der Waals surface area contributed by atoms with Crippen molar-refractivity contribution in [1.82, 2.24) is 10.6 Å². The van der Waals surface area contributed by atoms with E-state index in [9.17, 15) is 19.2 Å². The van der Waals surface area contributed by atoms with Crippen molar-refractivity contribution in [3.63, 3.8) is 0 Å². The molecule has 166 valence electrons. The zero-order valence-corrected chi connectivity index (χ0v) is 18.3. The first-order chi connectivity index (χ1) is 14.1. The molecule has 8 nitrogen and oxygen atoms in total. The Kier molecular flexibility index (Phi) is 10.6. The average Bonchev–Trinajstić information content (AvgIpc) is 2.68. The molecule has 5 N–H and O–H groups in total. The maximum Gasteiger partial charge on any atom is 0.312 e. The second kappa shape index (κ2) is 12.6. The molecule has 8 heteroatoms. The van der Waals surface area contributed by atoms with Gasteiger partial charge in [0.1, 0.15) is 0 Å². The molecule has 4 amide bonds. The smallest absolute Gasteiger partial charge is 0.312 e. The summed E-state index contributed by atoms with van der Waals surface area (Å²) in [4.78, 5) is 48.0. The second-order valence-electron chi connectivity index (χ2n) is 7.76. The van der Waals surface area contributed by atoms with E-state index in [1.165, 1.54) is 6.92 Å². The number of carbonyl (C=O) groups excluding carboxylic acids is 4. The zero-order chi connectivity index (χ0) is 22.7. The minimum Gasteiger partial charge on any atom is -0.352 e. The number of anilines is 1. The van der Waals surface area contributed by atoms with E-state index in [0.29, 0.717) is 25.1 Å². The molecule has 0 saturated carbocycles. The molecule has 0 radical (unpaired) electrons. The van der Waals surface area contributed by atoms with Crippen LogP contribution in [-0.2, 0) is 20.8 Å². The number of primary amides is 1. The monoisotopic (exact) mass is 418 g/mol. The van der Waals surface area contributed by atoms with Gasteiger partial charge in [0.25, 0.3) is 0 Å². The summed E-state index contributed by atoms with van der Waals surface area (Å²) in [6.45, 7) is 7.43. The molecule has 0 aromatic heterocycles. The summed E-state index contributed by atoms with van der Waals surface area (Å²) in [7, 11) is 0. The number of ketones is 1. The first kappa shape index (κ1) is 25.1. The topological polar surface area (TPSA) is 130 Å². The van der Waals surface area contributed by atoms with Gasteiger partial charge in [0.2, 0.25) is 11.8 Å². The van der Waals surface area contributed by atoms with Crippen molar-refractivity contribution in [3.05, 3.63) is 29.8 Å². The van der Waals surface area contributed by atoms with Crippen molar-refractivity contribution in [2.24, 2.45) is 17.6 Å². The SMILES string of the molecule is CCc1ccc(NC(=O)[C@H](CCCNC(N)=O)CC(=O)C(NC(C)=O)C(C)C)cc1. The Hall–Kier alpha value is -2.90. The quantitative estimate of drug-likeness (QED) is 0.388. The Balaban J connectivity index is 2.87. The predicted octanol–water partition coefficient (Wildman–Crippen LogP) is 2.37. The Bertz CT molecular complexity index is 731. The van der Waals surface area contributed by atoms with Gasteiger partial charge in [0, 0.05) is 31.5 Å². The van der Waals surface area contributed by atoms with Crippen LogP contribution in [0.25, 0.3) is 0 Å². The van der Waals surface area contributed by atoms with Crippen LogP contribution >= 0.6 is 0 Å². The number of rotatable bonds is 12. The summed E-state index contributed by atoms with van der Waals surface area (Å²) in [5, 5.41) is 8.03. The van der Waals surface area contributed by atoms with Gasteiger partial charge in [0.05, 0.1) is 6.04 Å². The van der Waals surface area contributed by atoms with Crippen LogP contribution in [0.1, 0.15) is 52.5 Å². The Morgan fingerprint density at radius 3 is 2.20 bits per heavy atom. The van der Waals surface area contributed by atoms with Gasteiger partial charge in [-0.25, -0.2) is 4.79 Å². The van der Waals surface area contributed by atoms with Gasteiger partial charge >= 0.3 is 6.03 Å². The summed E-state index contributed by atoms with van der Waals surface area (Å²) in [6, 6.07) is 6.27. The lowest BCUT2D eigenvalue weighted by Crippen LogP contribution is -2.44. The molecule has 0 aliphatic rings.